The molecule has 1 saturated heterocycles. The fraction of sp³-hybridized carbons (Fsp3) is 0.0870. The van der Waals surface area contributed by atoms with Gasteiger partial charge in [-0.05, 0) is 80.2 Å². The largest absolute Gasteiger partial charge is 0.318 e. The first-order valence-corrected chi connectivity index (χ1v) is 11.0. The van der Waals surface area contributed by atoms with Crippen LogP contribution in [0.15, 0.2) is 64.6 Å². The van der Waals surface area contributed by atoms with Gasteiger partial charge in [0.2, 0.25) is 0 Å². The Bertz CT molecular complexity index is 1340. The monoisotopic (exact) mass is 524 g/mol. The van der Waals surface area contributed by atoms with Crippen molar-refractivity contribution in [1.82, 2.24) is 9.88 Å². The van der Waals surface area contributed by atoms with Crippen LogP contribution in [-0.4, -0.2) is 26.4 Å². The topological polar surface area (TPSA) is 97.5 Å². The van der Waals surface area contributed by atoms with Gasteiger partial charge in [-0.15, -0.1) is 0 Å². The summed E-state index contributed by atoms with van der Waals surface area (Å²) in [6.07, 6.45) is 1.54. The van der Waals surface area contributed by atoms with Crippen LogP contribution in [0.3, 0.4) is 0 Å². The molecular weight excluding hydrogens is 508 g/mol. The Balaban J connectivity index is 1.73. The average Bonchev–Trinajstić information content (AvgIpc) is 3.05. The van der Waals surface area contributed by atoms with Gasteiger partial charge in [0.05, 0.1) is 10.6 Å². The minimum Gasteiger partial charge on any atom is -0.318 e. The summed E-state index contributed by atoms with van der Waals surface area (Å²) in [5, 5.41) is 13.5. The smallest absolute Gasteiger partial charge is 0.270 e. The number of hydrogen-bond donors (Lipinski definition) is 1. The van der Waals surface area contributed by atoms with Gasteiger partial charge in [-0.1, -0.05) is 15.9 Å². The molecule has 2 amide bonds. The highest BCUT2D eigenvalue weighted by Crippen LogP contribution is 2.27. The van der Waals surface area contributed by atoms with E-state index in [0.29, 0.717) is 11.3 Å². The quantitative estimate of drug-likeness (QED) is 0.177. The molecule has 10 heteroatoms. The number of halogens is 1. The molecule has 3 aromatic rings. The van der Waals surface area contributed by atoms with E-state index >= 15 is 0 Å². The number of carbonyl (C=O) groups excluding carboxylic acids is 2. The highest BCUT2D eigenvalue weighted by molar-refractivity contribution is 9.10. The molecule has 0 aliphatic carbocycles. The van der Waals surface area contributed by atoms with E-state index in [-0.39, 0.29) is 16.4 Å². The van der Waals surface area contributed by atoms with Crippen LogP contribution in [0.4, 0.5) is 11.4 Å². The number of aryl methyl sites for hydroxylation is 1. The van der Waals surface area contributed by atoms with Crippen LogP contribution in [0.25, 0.3) is 11.8 Å². The fourth-order valence-corrected chi connectivity index (χ4v) is 4.24. The number of carbonyl (C=O) groups is 2. The third-order valence-electron chi connectivity index (χ3n) is 5.28. The van der Waals surface area contributed by atoms with Crippen LogP contribution in [0, 0.1) is 24.0 Å². The lowest BCUT2D eigenvalue weighted by Gasteiger charge is -2.29. The van der Waals surface area contributed by atoms with Gasteiger partial charge in [0, 0.05) is 33.7 Å². The van der Waals surface area contributed by atoms with Crippen LogP contribution in [-0.2, 0) is 9.59 Å². The number of nitro benzene ring substituents is 1. The van der Waals surface area contributed by atoms with E-state index < -0.39 is 16.7 Å². The van der Waals surface area contributed by atoms with Gasteiger partial charge in [0.25, 0.3) is 17.5 Å². The van der Waals surface area contributed by atoms with Crippen molar-refractivity contribution in [1.29, 1.82) is 0 Å². The lowest BCUT2D eigenvalue weighted by Crippen LogP contribution is -2.54. The number of non-ortho nitro benzene ring substituents is 1. The highest BCUT2D eigenvalue weighted by atomic mass is 79.9. The van der Waals surface area contributed by atoms with Crippen LogP contribution in [0.2, 0.25) is 0 Å². The first kappa shape index (κ1) is 22.6. The maximum atomic E-state index is 13.2. The second kappa shape index (κ2) is 8.72. The summed E-state index contributed by atoms with van der Waals surface area (Å²) in [5.41, 5.74) is 3.52. The number of thiocarbonyl (C=S) groups is 1. The molecule has 0 spiro atoms. The maximum absolute atomic E-state index is 13.2. The summed E-state index contributed by atoms with van der Waals surface area (Å²) >= 11 is 8.60. The summed E-state index contributed by atoms with van der Waals surface area (Å²) in [5.74, 6) is -1.09. The van der Waals surface area contributed by atoms with Crippen molar-refractivity contribution in [3.63, 3.8) is 0 Å². The molecule has 8 nitrogen and oxygen atoms in total. The molecule has 166 valence electrons. The third kappa shape index (κ3) is 4.22. The Kier molecular flexibility index (Phi) is 5.96. The van der Waals surface area contributed by atoms with E-state index in [1.165, 1.54) is 23.1 Å². The number of anilines is 1. The fourth-order valence-electron chi connectivity index (χ4n) is 3.69. The zero-order chi connectivity index (χ0) is 23.9. The van der Waals surface area contributed by atoms with Crippen LogP contribution >= 0.6 is 28.1 Å². The molecule has 0 unspecified atom stereocenters. The van der Waals surface area contributed by atoms with E-state index in [1.807, 2.05) is 24.5 Å². The van der Waals surface area contributed by atoms with Gasteiger partial charge in [-0.2, -0.15) is 0 Å². The van der Waals surface area contributed by atoms with E-state index in [9.17, 15) is 19.7 Å². The molecule has 33 heavy (non-hydrogen) atoms. The van der Waals surface area contributed by atoms with E-state index in [4.69, 9.17) is 12.2 Å². The first-order valence-electron chi connectivity index (χ1n) is 9.78. The van der Waals surface area contributed by atoms with Gasteiger partial charge in [-0.25, -0.2) is 0 Å². The first-order chi connectivity index (χ1) is 15.7. The van der Waals surface area contributed by atoms with Gasteiger partial charge in [0.1, 0.15) is 5.57 Å². The molecule has 1 aliphatic rings. The number of amides is 2. The van der Waals surface area contributed by atoms with Crippen LogP contribution in [0.5, 0.6) is 0 Å². The Hall–Kier alpha value is -3.63. The van der Waals surface area contributed by atoms with Crippen molar-refractivity contribution in [3.05, 3.63) is 91.7 Å². The summed E-state index contributed by atoms with van der Waals surface area (Å²) in [6.45, 7) is 3.73. The van der Waals surface area contributed by atoms with Crippen molar-refractivity contribution >= 4 is 62.5 Å². The lowest BCUT2D eigenvalue weighted by molar-refractivity contribution is -0.384. The SMILES string of the molecule is Cc1cc(/C=C2/C(=O)NC(=S)N(c3ccc(Br)cc3)C2=O)c(C)n1-c1ccc([N+](=O)[O-])cc1. The molecule has 1 aromatic heterocycles. The van der Waals surface area contributed by atoms with Crippen molar-refractivity contribution in [2.24, 2.45) is 0 Å². The second-order valence-electron chi connectivity index (χ2n) is 7.37. The van der Waals surface area contributed by atoms with E-state index in [2.05, 4.69) is 21.2 Å². The second-order valence-corrected chi connectivity index (χ2v) is 8.67. The van der Waals surface area contributed by atoms with Crippen molar-refractivity contribution in [3.8, 4) is 5.69 Å². The number of aromatic nitrogens is 1. The Morgan fingerprint density at radius 1 is 1.03 bits per heavy atom. The van der Waals surface area contributed by atoms with E-state index in [1.54, 1.807) is 36.4 Å². The zero-order valence-electron chi connectivity index (χ0n) is 17.5. The number of hydrogen-bond acceptors (Lipinski definition) is 5. The molecule has 2 aromatic carbocycles. The van der Waals surface area contributed by atoms with Crippen LogP contribution < -0.4 is 10.2 Å². The molecule has 1 N–H and O–H groups in total. The number of benzene rings is 2. The maximum Gasteiger partial charge on any atom is 0.270 e. The van der Waals surface area contributed by atoms with Gasteiger partial charge >= 0.3 is 0 Å². The standard InChI is InChI=1S/C23H17BrN4O4S/c1-13-11-15(14(2)26(13)17-7-9-19(10-8-17)28(31)32)12-20-21(29)25-23(33)27(22(20)30)18-5-3-16(24)4-6-18/h3-12H,1-2H3,(H,25,29,33)/b20-12-. The molecule has 4 rings (SSSR count). The van der Waals surface area contributed by atoms with Gasteiger partial charge in [-0.3, -0.25) is 29.9 Å². The molecule has 2 heterocycles. The summed E-state index contributed by atoms with van der Waals surface area (Å²) in [6, 6.07) is 15.0. The van der Waals surface area contributed by atoms with Crippen molar-refractivity contribution in [2.75, 3.05) is 4.90 Å². The van der Waals surface area contributed by atoms with E-state index in [0.717, 1.165) is 21.5 Å². The normalized spacial score (nSPS) is 15.2. The Labute approximate surface area is 202 Å². The number of nitrogens with one attached hydrogen (secondary N) is 1. The van der Waals surface area contributed by atoms with Crippen molar-refractivity contribution in [2.45, 2.75) is 13.8 Å². The summed E-state index contributed by atoms with van der Waals surface area (Å²) in [7, 11) is 0. The molecule has 1 aliphatic heterocycles. The predicted octanol–water partition coefficient (Wildman–Crippen LogP) is 4.60. The molecule has 1 fully saturated rings. The molecular formula is C23H17BrN4O4S. The molecule has 0 saturated carbocycles. The highest BCUT2D eigenvalue weighted by Gasteiger charge is 2.34. The van der Waals surface area contributed by atoms with Crippen LogP contribution in [0.1, 0.15) is 17.0 Å². The third-order valence-corrected chi connectivity index (χ3v) is 6.09. The Morgan fingerprint density at radius 3 is 2.24 bits per heavy atom. The lowest BCUT2D eigenvalue weighted by atomic mass is 10.1. The summed E-state index contributed by atoms with van der Waals surface area (Å²) in [4.78, 5) is 37.6. The number of nitro groups is 1. The molecule has 0 bridgehead atoms. The van der Waals surface area contributed by atoms with Gasteiger partial charge in [0.15, 0.2) is 5.11 Å². The Morgan fingerprint density at radius 2 is 1.64 bits per heavy atom. The predicted molar refractivity (Wildman–Crippen MR) is 132 cm³/mol. The minimum absolute atomic E-state index is 0.00275. The van der Waals surface area contributed by atoms with Gasteiger partial charge < -0.3 is 4.57 Å². The average molecular weight is 525 g/mol. The minimum atomic E-state index is -0.571. The zero-order valence-corrected chi connectivity index (χ0v) is 19.9. The molecule has 0 atom stereocenters. The summed E-state index contributed by atoms with van der Waals surface area (Å²) < 4.78 is 2.75. The molecule has 0 radical (unpaired) electrons. The number of rotatable bonds is 4. The number of nitrogens with zero attached hydrogens (tertiary/aromatic N) is 3. The van der Waals surface area contributed by atoms with Crippen molar-refractivity contribution < 1.29 is 14.5 Å².